The summed E-state index contributed by atoms with van der Waals surface area (Å²) in [5.41, 5.74) is 9.90. The molecule has 2 unspecified atom stereocenters. The second kappa shape index (κ2) is 8.53. The highest BCUT2D eigenvalue weighted by Crippen LogP contribution is 2.60. The molecular weight excluding hydrogens is 489 g/mol. The Bertz CT molecular complexity index is 1110. The number of nitrogens with two attached hydrogens (primary N) is 1. The first-order chi connectivity index (χ1) is 14.2. The van der Waals surface area contributed by atoms with Crippen LogP contribution in [0, 0.1) is 0 Å². The molecule has 0 aliphatic carbocycles. The number of hydrogen-bond donors (Lipinski definition) is 3. The Morgan fingerprint density at radius 3 is 2.48 bits per heavy atom. The first-order valence-corrected chi connectivity index (χ1v) is 12.4. The monoisotopic (exact) mass is 503 g/mol. The maximum absolute atomic E-state index is 11.6. The highest BCUT2D eigenvalue weighted by molar-refractivity contribution is 7.64. The number of nitrogens with zero attached hydrogens (tertiary/aromatic N) is 4. The third kappa shape index (κ3) is 5.71. The van der Waals surface area contributed by atoms with Crippen molar-refractivity contribution in [3.05, 3.63) is 12.7 Å². The molecule has 0 radical (unpaired) electrons. The molecule has 1 fully saturated rings. The molecule has 18 nitrogen and oxygen atoms in total. The maximum atomic E-state index is 11.6. The van der Waals surface area contributed by atoms with Crippen molar-refractivity contribution in [3.63, 3.8) is 0 Å². The average molecular weight is 503 g/mol. The van der Waals surface area contributed by atoms with Crippen LogP contribution in [0.15, 0.2) is 12.7 Å². The van der Waals surface area contributed by atoms with E-state index in [-0.39, 0.29) is 17.0 Å². The van der Waals surface area contributed by atoms with Gasteiger partial charge in [-0.2, -0.15) is 0 Å². The molecule has 0 amide bonds. The lowest BCUT2D eigenvalue weighted by Gasteiger charge is -2.37. The minimum absolute atomic E-state index is 0.0807. The van der Waals surface area contributed by atoms with Crippen molar-refractivity contribution in [2.24, 2.45) is 0 Å². The van der Waals surface area contributed by atoms with Crippen molar-refractivity contribution >= 4 is 40.4 Å². The van der Waals surface area contributed by atoms with E-state index in [0.29, 0.717) is 0 Å². The van der Waals surface area contributed by atoms with E-state index in [2.05, 4.69) is 33.8 Å². The van der Waals surface area contributed by atoms with Crippen LogP contribution in [0.1, 0.15) is 6.23 Å². The van der Waals surface area contributed by atoms with Gasteiger partial charge < -0.3 is 50.0 Å². The summed E-state index contributed by atoms with van der Waals surface area (Å²) < 4.78 is 50.8. The van der Waals surface area contributed by atoms with Crippen LogP contribution in [0.25, 0.3) is 11.2 Å². The summed E-state index contributed by atoms with van der Waals surface area (Å²) in [4.78, 5) is 55.3. The molecular formula is C10H14N6O12P3-3. The Balaban J connectivity index is 1.69. The lowest BCUT2D eigenvalue weighted by molar-refractivity contribution is -0.446. The minimum Gasteiger partial charge on any atom is -0.790 e. The summed E-state index contributed by atoms with van der Waals surface area (Å²) in [6.07, 6.45) is -1.31. The van der Waals surface area contributed by atoms with E-state index < -0.39 is 54.6 Å². The number of aliphatic hydroxyl groups excluding tert-OH is 1. The number of aliphatic hydroxyl groups is 1. The fourth-order valence-corrected chi connectivity index (χ4v) is 5.58. The van der Waals surface area contributed by atoms with Gasteiger partial charge in [0.1, 0.15) is 24.1 Å². The highest BCUT2D eigenvalue weighted by atomic mass is 31.3. The molecule has 3 heterocycles. The fourth-order valence-electron chi connectivity index (χ4n) is 2.72. The number of phosphoric ester groups is 1. The summed E-state index contributed by atoms with van der Waals surface area (Å²) in [7, 11) is -18.0. The number of rotatable bonds is 8. The number of phosphoric acid groups is 3. The van der Waals surface area contributed by atoms with E-state index >= 15 is 0 Å². The summed E-state index contributed by atoms with van der Waals surface area (Å²) in [6, 6.07) is -0.894. The molecule has 174 valence electrons. The third-order valence-corrected chi connectivity index (χ3v) is 7.62. The van der Waals surface area contributed by atoms with Crippen molar-refractivity contribution in [1.82, 2.24) is 19.5 Å². The van der Waals surface area contributed by atoms with E-state index in [9.17, 15) is 38.4 Å². The Morgan fingerprint density at radius 2 is 1.84 bits per heavy atom. The number of hydrogen-bond acceptors (Lipinski definition) is 16. The van der Waals surface area contributed by atoms with Gasteiger partial charge >= 0.3 is 0 Å². The number of aromatic nitrogens is 4. The van der Waals surface area contributed by atoms with Gasteiger partial charge in [0.2, 0.25) is 0 Å². The van der Waals surface area contributed by atoms with Crippen molar-refractivity contribution < 1.29 is 62.0 Å². The zero-order valence-electron chi connectivity index (χ0n) is 15.0. The van der Waals surface area contributed by atoms with Crippen LogP contribution in [-0.4, -0.2) is 49.5 Å². The molecule has 0 aromatic carbocycles. The van der Waals surface area contributed by atoms with E-state index in [0.717, 1.165) is 6.33 Å². The zero-order chi connectivity index (χ0) is 23.2. The van der Waals surface area contributed by atoms with Crippen LogP contribution in [0.3, 0.4) is 0 Å². The number of nitrogen functional groups attached to an aromatic ring is 1. The summed E-state index contributed by atoms with van der Waals surface area (Å²) in [6.45, 7) is -0.958. The quantitative estimate of drug-likeness (QED) is 0.284. The van der Waals surface area contributed by atoms with Gasteiger partial charge in [0.15, 0.2) is 23.7 Å². The predicted molar refractivity (Wildman–Crippen MR) is 87.3 cm³/mol. The Hall–Kier alpha value is -1.36. The predicted octanol–water partition coefficient (Wildman–Crippen LogP) is -4.91. The van der Waals surface area contributed by atoms with Crippen LogP contribution >= 0.6 is 23.5 Å². The largest absolute Gasteiger partial charge is 0.790 e. The first kappa shape index (κ1) is 24.3. The van der Waals surface area contributed by atoms with Crippen LogP contribution in [0.2, 0.25) is 0 Å². The lowest BCUT2D eigenvalue weighted by atomic mass is 10.1. The molecule has 21 heteroatoms. The van der Waals surface area contributed by atoms with Crippen molar-refractivity contribution in [1.29, 1.82) is 0 Å². The topological polar surface area (TPSA) is 298 Å². The van der Waals surface area contributed by atoms with Crippen molar-refractivity contribution in [2.45, 2.75) is 24.5 Å². The van der Waals surface area contributed by atoms with Crippen LogP contribution in [0.4, 0.5) is 5.82 Å². The summed E-state index contributed by atoms with van der Waals surface area (Å²) in [5, 5.41) is 10.3. The molecule has 3 rings (SSSR count). The van der Waals surface area contributed by atoms with Gasteiger partial charge in [-0.25, -0.2) is 19.3 Å². The molecule has 31 heavy (non-hydrogen) atoms. The number of anilines is 1. The normalized spacial score (nSPS) is 28.5. The Kier molecular flexibility index (Phi) is 6.68. The number of imidazole rings is 1. The Morgan fingerprint density at radius 1 is 1.16 bits per heavy atom. The van der Waals surface area contributed by atoms with Gasteiger partial charge in [-0.3, -0.25) is 18.0 Å². The molecule has 1 aliphatic rings. The molecule has 0 bridgehead atoms. The highest BCUT2D eigenvalue weighted by Gasteiger charge is 2.46. The molecule has 0 saturated carbocycles. The molecule has 0 spiro atoms. The smallest absolute Gasteiger partial charge is 0.278 e. The number of fused-ring (bicyclic) bond motifs is 1. The number of quaternary nitrogens is 1. The Labute approximate surface area is 172 Å². The molecule has 6 atom stereocenters. The lowest BCUT2D eigenvalue weighted by Crippen LogP contribution is -2.68. The van der Waals surface area contributed by atoms with Crippen molar-refractivity contribution in [2.75, 3.05) is 12.3 Å². The molecule has 2 aromatic rings. The van der Waals surface area contributed by atoms with Gasteiger partial charge in [-0.1, -0.05) is 0 Å². The average Bonchev–Trinajstić information content (AvgIpc) is 3.13. The van der Waals surface area contributed by atoms with Gasteiger partial charge in [0.05, 0.1) is 20.8 Å². The van der Waals surface area contributed by atoms with Gasteiger partial charge in [0, 0.05) is 0 Å². The van der Waals surface area contributed by atoms with Gasteiger partial charge in [0.25, 0.3) is 15.6 Å². The second-order valence-electron chi connectivity index (χ2n) is 6.10. The summed E-state index contributed by atoms with van der Waals surface area (Å²) in [5.74, 6) is 0.0807. The van der Waals surface area contributed by atoms with E-state index in [1.54, 1.807) is 0 Å². The van der Waals surface area contributed by atoms with Gasteiger partial charge in [-0.05, 0) is 0 Å². The standard InChI is InChI=1S/C10H17N6O12P3/c11-5-7(17)4(1-25-30(21,22)28-31(23,24)27-29(18,19)20)26-10(5)16-3-15-6-8(12)13-2-14-9(6)16/h2-5,7,10,17H,1,11H2,(H,21,22)(H,23,24)(H2,12,13,14)(H2,18,19,20)/p-3/t4-,5-,7-,10-/m1/s1. The van der Waals surface area contributed by atoms with Crippen LogP contribution in [0.5, 0.6) is 0 Å². The molecule has 1 saturated heterocycles. The molecule has 6 N–H and O–H groups in total. The first-order valence-electron chi connectivity index (χ1n) is 8.00. The van der Waals surface area contributed by atoms with E-state index in [1.807, 2.05) is 0 Å². The molecule has 1 aliphatic heterocycles. The van der Waals surface area contributed by atoms with E-state index in [1.165, 1.54) is 10.9 Å². The maximum Gasteiger partial charge on any atom is 0.278 e. The second-order valence-corrected chi connectivity index (χ2v) is 10.4. The number of ether oxygens (including phenoxy) is 1. The van der Waals surface area contributed by atoms with Crippen LogP contribution in [-0.2, 0) is 31.6 Å². The van der Waals surface area contributed by atoms with Crippen LogP contribution < -0.4 is 31.0 Å². The third-order valence-electron chi connectivity index (χ3n) is 3.96. The van der Waals surface area contributed by atoms with E-state index in [4.69, 9.17) is 10.5 Å². The van der Waals surface area contributed by atoms with Gasteiger partial charge in [-0.15, -0.1) is 0 Å². The fraction of sp³-hybridized carbons (Fsp3) is 0.500. The molecule has 2 aromatic heterocycles. The SMILES string of the molecule is Nc1ncnc2c1ncn2[C@@H]1O[C@H](COP(=O)([O-])OP(=O)([O-])OP(=O)([O-])[O-])[C@@H](O)[C@H]1[NH3+]. The zero-order valence-corrected chi connectivity index (χ0v) is 17.7. The van der Waals surface area contributed by atoms with Crippen molar-refractivity contribution in [3.8, 4) is 0 Å². The summed E-state index contributed by atoms with van der Waals surface area (Å²) >= 11 is 0. The minimum atomic E-state index is -6.11.